The number of nitrogens with zero attached hydrogens (tertiary/aromatic N) is 4. The van der Waals surface area contributed by atoms with Gasteiger partial charge in [-0.05, 0) is 43.0 Å². The smallest absolute Gasteiger partial charge is 0.231 e. The molecule has 0 radical (unpaired) electrons. The summed E-state index contributed by atoms with van der Waals surface area (Å²) in [4.78, 5) is 12.6. The molecule has 1 saturated carbocycles. The van der Waals surface area contributed by atoms with E-state index in [0.717, 1.165) is 55.8 Å². The van der Waals surface area contributed by atoms with Crippen molar-refractivity contribution in [2.75, 3.05) is 12.9 Å². The van der Waals surface area contributed by atoms with E-state index in [2.05, 4.69) is 40.0 Å². The number of methoxy groups -OCH3 is 1. The van der Waals surface area contributed by atoms with Crippen molar-refractivity contribution < 1.29 is 9.53 Å². The van der Waals surface area contributed by atoms with Gasteiger partial charge < -0.3 is 14.6 Å². The number of nitrogens with one attached hydrogen (secondary N) is 1. The van der Waals surface area contributed by atoms with Crippen LogP contribution in [0.5, 0.6) is 5.75 Å². The van der Waals surface area contributed by atoms with Crippen LogP contribution in [-0.4, -0.2) is 39.1 Å². The van der Waals surface area contributed by atoms with E-state index >= 15 is 0 Å². The molecule has 1 aromatic carbocycles. The van der Waals surface area contributed by atoms with Crippen LogP contribution in [0, 0.1) is 17.2 Å². The Balaban J connectivity index is 1.72. The van der Waals surface area contributed by atoms with Crippen LogP contribution in [0.1, 0.15) is 46.0 Å². The highest BCUT2D eigenvalue weighted by molar-refractivity contribution is 7.99. The average molecular weight is 428 g/mol. The number of carbonyl (C=O) groups is 1. The highest BCUT2D eigenvalue weighted by atomic mass is 32.2. The van der Waals surface area contributed by atoms with Crippen LogP contribution in [-0.2, 0) is 11.3 Å². The van der Waals surface area contributed by atoms with Gasteiger partial charge in [0.05, 0.1) is 18.9 Å². The Morgan fingerprint density at radius 1 is 1.27 bits per heavy atom. The highest BCUT2D eigenvalue weighted by Crippen LogP contribution is 2.29. The molecule has 1 aliphatic rings. The first kappa shape index (κ1) is 22.2. The maximum absolute atomic E-state index is 12.6. The molecular formula is C22H29N5O2S. The van der Waals surface area contributed by atoms with E-state index in [1.165, 1.54) is 11.8 Å². The zero-order valence-electron chi connectivity index (χ0n) is 17.9. The van der Waals surface area contributed by atoms with Gasteiger partial charge in [-0.3, -0.25) is 4.79 Å². The normalized spacial score (nSPS) is 15.6. The molecule has 3 rings (SSSR count). The second-order valence-electron chi connectivity index (χ2n) is 8.13. The van der Waals surface area contributed by atoms with Gasteiger partial charge in [-0.2, -0.15) is 5.26 Å². The monoisotopic (exact) mass is 427 g/mol. The molecule has 1 aromatic heterocycles. The highest BCUT2D eigenvalue weighted by Gasteiger charge is 2.33. The number of thioether (sulfide) groups is 1. The number of hydrogen-bond acceptors (Lipinski definition) is 6. The van der Waals surface area contributed by atoms with Gasteiger partial charge in [0.1, 0.15) is 11.3 Å². The van der Waals surface area contributed by atoms with Crippen LogP contribution in [0.25, 0.3) is 11.4 Å². The number of ether oxygens (including phenoxy) is 1. The van der Waals surface area contributed by atoms with E-state index in [-0.39, 0.29) is 11.7 Å². The maximum atomic E-state index is 12.6. The lowest BCUT2D eigenvalue weighted by molar-refractivity contribution is -0.120. The van der Waals surface area contributed by atoms with Gasteiger partial charge in [-0.25, -0.2) is 0 Å². The third kappa shape index (κ3) is 5.33. The standard InChI is InChI=1S/C22H29N5O2S/c1-16(2)13-27-20(17-7-9-18(29-3)10-8-17)25-26-21(27)30-14-19(28)24-22(15-23)11-5-4-6-12-22/h7-10,16H,4-6,11-14H2,1-3H3,(H,24,28). The molecule has 0 saturated heterocycles. The number of carbonyl (C=O) groups excluding carboxylic acids is 1. The molecule has 0 spiro atoms. The average Bonchev–Trinajstić information content (AvgIpc) is 3.14. The summed E-state index contributed by atoms with van der Waals surface area (Å²) in [6.07, 6.45) is 4.54. The molecule has 1 aliphatic carbocycles. The lowest BCUT2D eigenvalue weighted by atomic mass is 9.83. The Morgan fingerprint density at radius 2 is 1.97 bits per heavy atom. The first-order valence-corrected chi connectivity index (χ1v) is 11.4. The molecule has 30 heavy (non-hydrogen) atoms. The Morgan fingerprint density at radius 3 is 2.57 bits per heavy atom. The molecule has 1 fully saturated rings. The van der Waals surface area contributed by atoms with Crippen molar-refractivity contribution in [3.05, 3.63) is 24.3 Å². The fourth-order valence-corrected chi connectivity index (χ4v) is 4.48. The molecule has 1 heterocycles. The minimum atomic E-state index is -0.713. The number of aromatic nitrogens is 3. The number of rotatable bonds is 8. The van der Waals surface area contributed by atoms with Gasteiger partial charge in [-0.15, -0.1) is 10.2 Å². The summed E-state index contributed by atoms with van der Waals surface area (Å²) >= 11 is 1.36. The van der Waals surface area contributed by atoms with Gasteiger partial charge in [0.2, 0.25) is 5.91 Å². The van der Waals surface area contributed by atoms with E-state index in [1.807, 2.05) is 24.3 Å². The van der Waals surface area contributed by atoms with E-state index < -0.39 is 5.54 Å². The summed E-state index contributed by atoms with van der Waals surface area (Å²) in [5.74, 6) is 2.04. The van der Waals surface area contributed by atoms with E-state index in [0.29, 0.717) is 11.1 Å². The van der Waals surface area contributed by atoms with Crippen molar-refractivity contribution in [1.29, 1.82) is 5.26 Å². The summed E-state index contributed by atoms with van der Waals surface area (Å²) in [5, 5.41) is 22.0. The van der Waals surface area contributed by atoms with Gasteiger partial charge in [0, 0.05) is 12.1 Å². The topological polar surface area (TPSA) is 92.8 Å². The van der Waals surface area contributed by atoms with E-state index in [4.69, 9.17) is 4.74 Å². The van der Waals surface area contributed by atoms with Gasteiger partial charge in [-0.1, -0.05) is 44.9 Å². The molecule has 7 nitrogen and oxygen atoms in total. The largest absolute Gasteiger partial charge is 0.497 e. The van der Waals surface area contributed by atoms with Crippen molar-refractivity contribution in [1.82, 2.24) is 20.1 Å². The van der Waals surface area contributed by atoms with Crippen molar-refractivity contribution in [3.63, 3.8) is 0 Å². The second kappa shape index (κ2) is 9.98. The predicted octanol–water partition coefficient (Wildman–Crippen LogP) is 4.04. The van der Waals surface area contributed by atoms with Crippen LogP contribution < -0.4 is 10.1 Å². The third-order valence-electron chi connectivity index (χ3n) is 5.24. The summed E-state index contributed by atoms with van der Waals surface area (Å²) in [7, 11) is 1.64. The first-order valence-electron chi connectivity index (χ1n) is 10.4. The zero-order chi connectivity index (χ0) is 21.6. The third-order valence-corrected chi connectivity index (χ3v) is 6.21. The molecule has 160 valence electrons. The molecule has 1 amide bonds. The van der Waals surface area contributed by atoms with E-state index in [1.54, 1.807) is 7.11 Å². The number of benzene rings is 1. The van der Waals surface area contributed by atoms with Gasteiger partial charge in [0.15, 0.2) is 11.0 Å². The number of amides is 1. The van der Waals surface area contributed by atoms with Crippen molar-refractivity contribution in [2.45, 2.75) is 63.2 Å². The van der Waals surface area contributed by atoms with Crippen LogP contribution in [0.2, 0.25) is 0 Å². The molecule has 0 bridgehead atoms. The number of nitriles is 1. The minimum Gasteiger partial charge on any atom is -0.497 e. The molecule has 0 aliphatic heterocycles. The Labute approximate surface area is 182 Å². The van der Waals surface area contributed by atoms with Crippen LogP contribution in [0.15, 0.2) is 29.4 Å². The van der Waals surface area contributed by atoms with Crippen LogP contribution >= 0.6 is 11.8 Å². The molecule has 1 N–H and O–H groups in total. The van der Waals surface area contributed by atoms with Gasteiger partial charge >= 0.3 is 0 Å². The molecule has 2 aromatic rings. The van der Waals surface area contributed by atoms with Crippen LogP contribution in [0.4, 0.5) is 0 Å². The quantitative estimate of drug-likeness (QED) is 0.639. The Hall–Kier alpha value is -2.53. The summed E-state index contributed by atoms with van der Waals surface area (Å²) in [6.45, 7) is 5.03. The molecular weight excluding hydrogens is 398 g/mol. The Bertz CT molecular complexity index is 895. The lowest BCUT2D eigenvalue weighted by Gasteiger charge is -2.31. The summed E-state index contributed by atoms with van der Waals surface area (Å²) in [5.41, 5.74) is 0.237. The minimum absolute atomic E-state index is 0.131. The van der Waals surface area contributed by atoms with Crippen LogP contribution in [0.3, 0.4) is 0 Å². The summed E-state index contributed by atoms with van der Waals surface area (Å²) < 4.78 is 7.30. The Kier molecular flexibility index (Phi) is 7.38. The molecule has 8 heteroatoms. The van der Waals surface area contributed by atoms with Gasteiger partial charge in [0.25, 0.3) is 0 Å². The number of hydrogen-bond donors (Lipinski definition) is 1. The van der Waals surface area contributed by atoms with Crippen molar-refractivity contribution in [2.24, 2.45) is 5.92 Å². The van der Waals surface area contributed by atoms with Crippen molar-refractivity contribution >= 4 is 17.7 Å². The molecule has 0 atom stereocenters. The molecule has 0 unspecified atom stereocenters. The second-order valence-corrected chi connectivity index (χ2v) is 9.07. The first-order chi connectivity index (χ1) is 14.5. The maximum Gasteiger partial charge on any atom is 0.231 e. The fourth-order valence-electron chi connectivity index (χ4n) is 3.73. The SMILES string of the molecule is COc1ccc(-c2nnc(SCC(=O)NC3(C#N)CCCCC3)n2CC(C)C)cc1. The van der Waals surface area contributed by atoms with E-state index in [9.17, 15) is 10.1 Å². The predicted molar refractivity (Wildman–Crippen MR) is 117 cm³/mol. The fraction of sp³-hybridized carbons (Fsp3) is 0.545. The lowest BCUT2D eigenvalue weighted by Crippen LogP contribution is -2.49. The van der Waals surface area contributed by atoms with Crippen molar-refractivity contribution in [3.8, 4) is 23.2 Å². The summed E-state index contributed by atoms with van der Waals surface area (Å²) in [6, 6.07) is 10.0. The zero-order valence-corrected chi connectivity index (χ0v) is 18.7.